The molecule has 2 unspecified atom stereocenters. The van der Waals surface area contributed by atoms with Crippen molar-refractivity contribution in [2.75, 3.05) is 7.11 Å². The van der Waals surface area contributed by atoms with Crippen LogP contribution in [0.3, 0.4) is 0 Å². The number of aromatic hydroxyl groups is 1. The first kappa shape index (κ1) is 14.3. The van der Waals surface area contributed by atoms with Crippen molar-refractivity contribution in [3.63, 3.8) is 0 Å². The van der Waals surface area contributed by atoms with Crippen LogP contribution in [0.2, 0.25) is 5.02 Å². The molecule has 3 nitrogen and oxygen atoms in total. The molecule has 0 bridgehead atoms. The standard InChI is InChI=1S/C16H13ClO3S/c1-20-16(19)14-10-4-2-3-5-13(10)21-15(14)11-8-9(17)6-7-12(11)18/h2-8,14-15,18H,1H3. The third-order valence-corrected chi connectivity index (χ3v) is 5.20. The zero-order valence-electron chi connectivity index (χ0n) is 11.2. The van der Waals surface area contributed by atoms with Crippen LogP contribution in [0.25, 0.3) is 0 Å². The number of phenols is 1. The van der Waals surface area contributed by atoms with E-state index in [-0.39, 0.29) is 17.0 Å². The predicted molar refractivity (Wildman–Crippen MR) is 82.9 cm³/mol. The van der Waals surface area contributed by atoms with Crippen molar-refractivity contribution in [1.82, 2.24) is 0 Å². The average molecular weight is 321 g/mol. The van der Waals surface area contributed by atoms with Crippen LogP contribution in [0.15, 0.2) is 47.4 Å². The summed E-state index contributed by atoms with van der Waals surface area (Å²) in [5.41, 5.74) is 1.58. The number of carbonyl (C=O) groups excluding carboxylic acids is 1. The quantitative estimate of drug-likeness (QED) is 0.844. The van der Waals surface area contributed by atoms with Gasteiger partial charge in [-0.05, 0) is 29.8 Å². The number of benzene rings is 2. The molecule has 1 aliphatic rings. The van der Waals surface area contributed by atoms with Gasteiger partial charge >= 0.3 is 5.97 Å². The second-order valence-electron chi connectivity index (χ2n) is 4.78. The molecule has 0 saturated carbocycles. The lowest BCUT2D eigenvalue weighted by Crippen LogP contribution is -2.17. The van der Waals surface area contributed by atoms with Crippen LogP contribution in [-0.4, -0.2) is 18.2 Å². The van der Waals surface area contributed by atoms with E-state index < -0.39 is 5.92 Å². The Kier molecular flexibility index (Phi) is 3.83. The van der Waals surface area contributed by atoms with Crippen LogP contribution >= 0.6 is 23.4 Å². The van der Waals surface area contributed by atoms with Crippen molar-refractivity contribution in [2.45, 2.75) is 16.1 Å². The van der Waals surface area contributed by atoms with Crippen molar-refractivity contribution in [3.8, 4) is 5.75 Å². The number of hydrogen-bond acceptors (Lipinski definition) is 4. The lowest BCUT2D eigenvalue weighted by Gasteiger charge is -2.19. The van der Waals surface area contributed by atoms with Gasteiger partial charge in [-0.15, -0.1) is 11.8 Å². The maximum absolute atomic E-state index is 12.2. The van der Waals surface area contributed by atoms with Gasteiger partial charge in [0.2, 0.25) is 0 Å². The third-order valence-electron chi connectivity index (χ3n) is 3.56. The van der Waals surface area contributed by atoms with E-state index in [1.807, 2.05) is 24.3 Å². The molecule has 2 aromatic rings. The highest BCUT2D eigenvalue weighted by atomic mass is 35.5. The summed E-state index contributed by atoms with van der Waals surface area (Å²) in [7, 11) is 1.38. The minimum absolute atomic E-state index is 0.138. The van der Waals surface area contributed by atoms with Crippen molar-refractivity contribution >= 4 is 29.3 Å². The van der Waals surface area contributed by atoms with Crippen molar-refractivity contribution < 1.29 is 14.6 Å². The molecule has 2 atom stereocenters. The lowest BCUT2D eigenvalue weighted by molar-refractivity contribution is -0.142. The Hall–Kier alpha value is -1.65. The molecule has 1 N–H and O–H groups in total. The topological polar surface area (TPSA) is 46.5 Å². The highest BCUT2D eigenvalue weighted by Gasteiger charge is 2.41. The molecule has 3 rings (SSSR count). The van der Waals surface area contributed by atoms with Gasteiger partial charge in [0.15, 0.2) is 0 Å². The molecule has 0 amide bonds. The molecule has 0 aromatic heterocycles. The van der Waals surface area contributed by atoms with Gasteiger partial charge in [0.05, 0.1) is 18.3 Å². The van der Waals surface area contributed by atoms with E-state index in [1.54, 1.807) is 30.0 Å². The molecule has 21 heavy (non-hydrogen) atoms. The van der Waals surface area contributed by atoms with Crippen LogP contribution in [0.4, 0.5) is 0 Å². The zero-order chi connectivity index (χ0) is 15.0. The first-order chi connectivity index (χ1) is 10.1. The Balaban J connectivity index is 2.10. The molecule has 0 aliphatic carbocycles. The Morgan fingerprint density at radius 3 is 2.76 bits per heavy atom. The summed E-state index contributed by atoms with van der Waals surface area (Å²) in [5.74, 6) is -0.615. The van der Waals surface area contributed by atoms with Crippen LogP contribution in [0.5, 0.6) is 5.75 Å². The van der Waals surface area contributed by atoms with E-state index in [0.29, 0.717) is 10.6 Å². The largest absolute Gasteiger partial charge is 0.508 e. The van der Waals surface area contributed by atoms with E-state index in [9.17, 15) is 9.90 Å². The number of carbonyl (C=O) groups is 1. The average Bonchev–Trinajstić information content (AvgIpc) is 2.88. The Labute approximate surface area is 131 Å². The highest BCUT2D eigenvalue weighted by molar-refractivity contribution is 8.00. The normalized spacial score (nSPS) is 20.1. The molecule has 0 radical (unpaired) electrons. The molecule has 5 heteroatoms. The summed E-state index contributed by atoms with van der Waals surface area (Å²) >= 11 is 7.58. The molecule has 1 heterocycles. The number of esters is 1. The van der Waals surface area contributed by atoms with E-state index in [1.165, 1.54) is 7.11 Å². The SMILES string of the molecule is COC(=O)C1c2ccccc2SC1c1cc(Cl)ccc1O. The van der Waals surface area contributed by atoms with Crippen LogP contribution < -0.4 is 0 Å². The van der Waals surface area contributed by atoms with Crippen molar-refractivity contribution in [1.29, 1.82) is 0 Å². The minimum Gasteiger partial charge on any atom is -0.508 e. The first-order valence-electron chi connectivity index (χ1n) is 6.43. The summed E-state index contributed by atoms with van der Waals surface area (Å²) in [6.07, 6.45) is 0. The number of thioether (sulfide) groups is 1. The number of methoxy groups -OCH3 is 1. The second-order valence-corrected chi connectivity index (χ2v) is 6.40. The van der Waals surface area contributed by atoms with E-state index in [0.717, 1.165) is 10.5 Å². The first-order valence-corrected chi connectivity index (χ1v) is 7.69. The van der Waals surface area contributed by atoms with E-state index >= 15 is 0 Å². The number of hydrogen-bond donors (Lipinski definition) is 1. The maximum Gasteiger partial charge on any atom is 0.314 e. The smallest absolute Gasteiger partial charge is 0.314 e. The number of phenolic OH excluding ortho intramolecular Hbond substituents is 1. The molecule has 108 valence electrons. The van der Waals surface area contributed by atoms with Gasteiger partial charge in [0.25, 0.3) is 0 Å². The van der Waals surface area contributed by atoms with Gasteiger partial charge in [0, 0.05) is 15.5 Å². The van der Waals surface area contributed by atoms with Gasteiger partial charge in [-0.25, -0.2) is 0 Å². The summed E-state index contributed by atoms with van der Waals surface area (Å²) in [5, 5.41) is 10.4. The van der Waals surface area contributed by atoms with Crippen molar-refractivity contribution in [2.24, 2.45) is 0 Å². The fourth-order valence-corrected chi connectivity index (χ4v) is 4.24. The fraction of sp³-hybridized carbons (Fsp3) is 0.188. The van der Waals surface area contributed by atoms with Gasteiger partial charge in [-0.1, -0.05) is 29.8 Å². The summed E-state index contributed by atoms with van der Waals surface area (Å²) in [6.45, 7) is 0. The predicted octanol–water partition coefficient (Wildman–Crippen LogP) is 4.15. The highest BCUT2D eigenvalue weighted by Crippen LogP contribution is 2.56. The van der Waals surface area contributed by atoms with Gasteiger partial charge in [-0.2, -0.15) is 0 Å². The van der Waals surface area contributed by atoms with E-state index in [4.69, 9.17) is 16.3 Å². The molecule has 1 aliphatic heterocycles. The van der Waals surface area contributed by atoms with E-state index in [2.05, 4.69) is 0 Å². The van der Waals surface area contributed by atoms with Gasteiger partial charge in [0.1, 0.15) is 5.75 Å². The third kappa shape index (κ3) is 2.49. The number of fused-ring (bicyclic) bond motifs is 1. The number of ether oxygens (including phenoxy) is 1. The Bertz CT molecular complexity index is 702. The summed E-state index contributed by atoms with van der Waals surface area (Å²) in [4.78, 5) is 13.2. The second kappa shape index (κ2) is 5.62. The molecule has 0 fully saturated rings. The maximum atomic E-state index is 12.2. The molecular weight excluding hydrogens is 308 g/mol. The van der Waals surface area contributed by atoms with Gasteiger partial charge < -0.3 is 9.84 Å². The van der Waals surface area contributed by atoms with Gasteiger partial charge in [-0.3, -0.25) is 4.79 Å². The molecule has 0 saturated heterocycles. The van der Waals surface area contributed by atoms with Crippen LogP contribution in [0.1, 0.15) is 22.3 Å². The Morgan fingerprint density at radius 1 is 1.24 bits per heavy atom. The van der Waals surface area contributed by atoms with Crippen molar-refractivity contribution in [3.05, 3.63) is 58.6 Å². The zero-order valence-corrected chi connectivity index (χ0v) is 12.8. The molecular formula is C16H13ClO3S. The van der Waals surface area contributed by atoms with Crippen LogP contribution in [-0.2, 0) is 9.53 Å². The Morgan fingerprint density at radius 2 is 2.00 bits per heavy atom. The summed E-state index contributed by atoms with van der Waals surface area (Å²) < 4.78 is 4.95. The minimum atomic E-state index is -0.444. The monoisotopic (exact) mass is 320 g/mol. The molecule has 2 aromatic carbocycles. The number of rotatable bonds is 2. The van der Waals surface area contributed by atoms with Crippen LogP contribution in [0, 0.1) is 0 Å². The summed E-state index contributed by atoms with van der Waals surface area (Å²) in [6, 6.07) is 12.6. The molecule has 0 spiro atoms. The lowest BCUT2D eigenvalue weighted by atomic mass is 9.91. The number of halogens is 1. The fourth-order valence-electron chi connectivity index (χ4n) is 2.59.